The number of nitrogens with zero attached hydrogens (tertiary/aromatic N) is 1. The number of aromatic nitrogens is 1. The molecule has 0 saturated carbocycles. The molecule has 0 atom stereocenters. The standard InChI is InChI=1S/C14H15NO2/c1-9-8-12(14(16)17)6-7-13(9)15-10(2)4-5-11(15)3/h4-8H,1-3H3,(H,16,17)/p-1. The third kappa shape index (κ3) is 1.96. The average Bonchev–Trinajstić information content (AvgIpc) is 2.59. The Morgan fingerprint density at radius 1 is 1.06 bits per heavy atom. The number of carbonyl (C=O) groups excluding carboxylic acids is 1. The lowest BCUT2D eigenvalue weighted by molar-refractivity contribution is -0.255. The largest absolute Gasteiger partial charge is 0.545 e. The molecule has 17 heavy (non-hydrogen) atoms. The molecule has 0 spiro atoms. The molecule has 2 aromatic rings. The molecule has 1 aromatic heterocycles. The van der Waals surface area contributed by atoms with Gasteiger partial charge in [0.25, 0.3) is 0 Å². The zero-order valence-electron chi connectivity index (χ0n) is 10.2. The molecule has 1 aromatic carbocycles. The quantitative estimate of drug-likeness (QED) is 0.786. The predicted octanol–water partition coefficient (Wildman–Crippen LogP) is 1.77. The lowest BCUT2D eigenvalue weighted by Gasteiger charge is -2.14. The number of hydrogen-bond acceptors (Lipinski definition) is 2. The van der Waals surface area contributed by atoms with Crippen molar-refractivity contribution in [3.63, 3.8) is 0 Å². The minimum atomic E-state index is -1.14. The Bertz CT molecular complexity index is 562. The molecular weight excluding hydrogens is 214 g/mol. The maximum atomic E-state index is 10.8. The first-order chi connectivity index (χ1) is 8.00. The van der Waals surface area contributed by atoms with Crippen LogP contribution in [0.3, 0.4) is 0 Å². The molecule has 88 valence electrons. The number of carboxylic acids is 1. The highest BCUT2D eigenvalue weighted by Gasteiger charge is 2.07. The van der Waals surface area contributed by atoms with Gasteiger partial charge in [-0.3, -0.25) is 0 Å². The molecule has 0 aliphatic carbocycles. The first-order valence-electron chi connectivity index (χ1n) is 5.48. The summed E-state index contributed by atoms with van der Waals surface area (Å²) in [5.74, 6) is -1.14. The Balaban J connectivity index is 2.58. The van der Waals surface area contributed by atoms with Crippen LogP contribution in [0.5, 0.6) is 0 Å². The van der Waals surface area contributed by atoms with Crippen LogP contribution in [0.4, 0.5) is 0 Å². The molecule has 0 fully saturated rings. The second-order valence-electron chi connectivity index (χ2n) is 4.24. The van der Waals surface area contributed by atoms with Crippen LogP contribution in [0.25, 0.3) is 5.69 Å². The van der Waals surface area contributed by atoms with Crippen molar-refractivity contribution in [3.8, 4) is 5.69 Å². The van der Waals surface area contributed by atoms with Crippen molar-refractivity contribution in [3.05, 3.63) is 52.8 Å². The number of rotatable bonds is 2. The van der Waals surface area contributed by atoms with Crippen molar-refractivity contribution in [1.29, 1.82) is 0 Å². The molecule has 0 saturated heterocycles. The summed E-state index contributed by atoms with van der Waals surface area (Å²) in [4.78, 5) is 10.8. The van der Waals surface area contributed by atoms with E-state index in [9.17, 15) is 9.90 Å². The highest BCUT2D eigenvalue weighted by Crippen LogP contribution is 2.20. The van der Waals surface area contributed by atoms with Gasteiger partial charge in [-0.1, -0.05) is 6.07 Å². The molecule has 1 heterocycles. The Labute approximate surface area is 100 Å². The van der Waals surface area contributed by atoms with E-state index >= 15 is 0 Å². The van der Waals surface area contributed by atoms with E-state index < -0.39 is 5.97 Å². The number of aromatic carboxylic acids is 1. The van der Waals surface area contributed by atoms with E-state index in [4.69, 9.17) is 0 Å². The van der Waals surface area contributed by atoms with Gasteiger partial charge in [-0.25, -0.2) is 0 Å². The van der Waals surface area contributed by atoms with Crippen molar-refractivity contribution >= 4 is 5.97 Å². The second kappa shape index (κ2) is 4.09. The molecule has 0 bridgehead atoms. The molecule has 0 unspecified atom stereocenters. The molecule has 3 heteroatoms. The fourth-order valence-electron chi connectivity index (χ4n) is 2.08. The maximum Gasteiger partial charge on any atom is 0.0715 e. The van der Waals surface area contributed by atoms with Crippen LogP contribution in [-0.4, -0.2) is 10.5 Å². The maximum absolute atomic E-state index is 10.8. The van der Waals surface area contributed by atoms with Crippen LogP contribution < -0.4 is 5.11 Å². The average molecular weight is 228 g/mol. The third-order valence-corrected chi connectivity index (χ3v) is 2.94. The Kier molecular flexibility index (Phi) is 2.76. The summed E-state index contributed by atoms with van der Waals surface area (Å²) in [7, 11) is 0. The van der Waals surface area contributed by atoms with Crippen LogP contribution in [0.15, 0.2) is 30.3 Å². The van der Waals surface area contributed by atoms with Gasteiger partial charge in [0.15, 0.2) is 0 Å². The zero-order chi connectivity index (χ0) is 12.6. The molecule has 2 rings (SSSR count). The molecule has 0 aliphatic rings. The number of aryl methyl sites for hydroxylation is 3. The summed E-state index contributed by atoms with van der Waals surface area (Å²) in [6.45, 7) is 5.96. The third-order valence-electron chi connectivity index (χ3n) is 2.94. The van der Waals surface area contributed by atoms with Crippen LogP contribution >= 0.6 is 0 Å². The lowest BCUT2D eigenvalue weighted by atomic mass is 10.1. The van der Waals surface area contributed by atoms with Crippen molar-refractivity contribution in [2.75, 3.05) is 0 Å². The number of carboxylic acid groups (broad SMARTS) is 1. The van der Waals surface area contributed by atoms with Gasteiger partial charge < -0.3 is 14.5 Å². The smallest absolute Gasteiger partial charge is 0.0715 e. The summed E-state index contributed by atoms with van der Waals surface area (Å²) < 4.78 is 2.11. The van der Waals surface area contributed by atoms with Crippen LogP contribution in [0, 0.1) is 20.8 Å². The number of hydrogen-bond donors (Lipinski definition) is 0. The highest BCUT2D eigenvalue weighted by molar-refractivity contribution is 5.86. The molecule has 3 nitrogen and oxygen atoms in total. The SMILES string of the molecule is Cc1cc(C(=O)[O-])ccc1-n1c(C)ccc1C. The molecule has 0 radical (unpaired) electrons. The monoisotopic (exact) mass is 228 g/mol. The molecule has 0 amide bonds. The molecular formula is C14H14NO2-. The van der Waals surface area contributed by atoms with E-state index in [2.05, 4.69) is 4.57 Å². The van der Waals surface area contributed by atoms with E-state index in [1.807, 2.05) is 39.0 Å². The normalized spacial score (nSPS) is 10.5. The van der Waals surface area contributed by atoms with Crippen molar-refractivity contribution in [2.45, 2.75) is 20.8 Å². The van der Waals surface area contributed by atoms with Crippen molar-refractivity contribution < 1.29 is 9.90 Å². The van der Waals surface area contributed by atoms with E-state index in [0.29, 0.717) is 0 Å². The lowest BCUT2D eigenvalue weighted by Crippen LogP contribution is -2.22. The molecule has 0 N–H and O–H groups in total. The fraction of sp³-hybridized carbons (Fsp3) is 0.214. The van der Waals surface area contributed by atoms with Crippen molar-refractivity contribution in [2.24, 2.45) is 0 Å². The van der Waals surface area contributed by atoms with Gasteiger partial charge in [0, 0.05) is 17.1 Å². The summed E-state index contributed by atoms with van der Waals surface area (Å²) in [6, 6.07) is 9.13. The minimum absolute atomic E-state index is 0.216. The fourth-order valence-corrected chi connectivity index (χ4v) is 2.08. The number of benzene rings is 1. The van der Waals surface area contributed by atoms with Crippen molar-refractivity contribution in [1.82, 2.24) is 4.57 Å². The highest BCUT2D eigenvalue weighted by atomic mass is 16.4. The van der Waals surface area contributed by atoms with Crippen LogP contribution in [0.2, 0.25) is 0 Å². The van der Waals surface area contributed by atoms with Gasteiger partial charge in [-0.05, 0) is 56.2 Å². The summed E-state index contributed by atoms with van der Waals surface area (Å²) in [6.07, 6.45) is 0. The van der Waals surface area contributed by atoms with E-state index in [1.54, 1.807) is 12.1 Å². The summed E-state index contributed by atoms with van der Waals surface area (Å²) in [5.41, 5.74) is 4.41. The van der Waals surface area contributed by atoms with Gasteiger partial charge in [0.1, 0.15) is 0 Å². The second-order valence-corrected chi connectivity index (χ2v) is 4.24. The van der Waals surface area contributed by atoms with Crippen LogP contribution in [-0.2, 0) is 0 Å². The van der Waals surface area contributed by atoms with E-state index in [-0.39, 0.29) is 5.56 Å². The summed E-state index contributed by atoms with van der Waals surface area (Å²) in [5, 5.41) is 10.8. The number of carbonyl (C=O) groups is 1. The molecule has 0 aliphatic heterocycles. The van der Waals surface area contributed by atoms with Gasteiger partial charge in [-0.2, -0.15) is 0 Å². The van der Waals surface area contributed by atoms with Crippen LogP contribution in [0.1, 0.15) is 27.3 Å². The van der Waals surface area contributed by atoms with Gasteiger partial charge in [-0.15, -0.1) is 0 Å². The first-order valence-corrected chi connectivity index (χ1v) is 5.48. The Morgan fingerprint density at radius 3 is 2.12 bits per heavy atom. The van der Waals surface area contributed by atoms with E-state index in [1.165, 1.54) is 0 Å². The topological polar surface area (TPSA) is 45.1 Å². The predicted molar refractivity (Wildman–Crippen MR) is 64.3 cm³/mol. The first kappa shape index (κ1) is 11.5. The van der Waals surface area contributed by atoms with Gasteiger partial charge >= 0.3 is 0 Å². The Morgan fingerprint density at radius 2 is 1.65 bits per heavy atom. The summed E-state index contributed by atoms with van der Waals surface area (Å²) >= 11 is 0. The van der Waals surface area contributed by atoms with Gasteiger partial charge in [0.2, 0.25) is 0 Å². The van der Waals surface area contributed by atoms with Gasteiger partial charge in [0.05, 0.1) is 5.97 Å². The van der Waals surface area contributed by atoms with E-state index in [0.717, 1.165) is 22.6 Å². The minimum Gasteiger partial charge on any atom is -0.545 e. The zero-order valence-corrected chi connectivity index (χ0v) is 10.2. The Hall–Kier alpha value is -2.03.